The highest BCUT2D eigenvalue weighted by Gasteiger charge is 2.27. The minimum absolute atomic E-state index is 0.0161. The number of hydrogen-bond acceptors (Lipinski definition) is 2. The van der Waals surface area contributed by atoms with Gasteiger partial charge in [0.05, 0.1) is 12.0 Å². The van der Waals surface area contributed by atoms with E-state index in [1.54, 1.807) is 11.3 Å². The number of rotatable bonds is 3. The van der Waals surface area contributed by atoms with Crippen molar-refractivity contribution < 1.29 is 4.79 Å². The van der Waals surface area contributed by atoms with Crippen LogP contribution in [-0.4, -0.2) is 5.91 Å². The van der Waals surface area contributed by atoms with E-state index in [4.69, 9.17) is 0 Å². The summed E-state index contributed by atoms with van der Waals surface area (Å²) in [6.45, 7) is 2.05. The van der Waals surface area contributed by atoms with Gasteiger partial charge in [0, 0.05) is 4.88 Å². The molecule has 0 saturated carbocycles. The Morgan fingerprint density at radius 1 is 1.30 bits per heavy atom. The molecule has 1 aromatic carbocycles. The Morgan fingerprint density at radius 3 is 2.95 bits per heavy atom. The second-order valence-corrected chi connectivity index (χ2v) is 6.37. The fourth-order valence-corrected chi connectivity index (χ4v) is 3.68. The number of amides is 1. The van der Waals surface area contributed by atoms with Gasteiger partial charge >= 0.3 is 0 Å². The molecule has 104 valence electrons. The molecule has 2 nitrogen and oxygen atoms in total. The molecule has 0 spiro atoms. The maximum Gasteiger partial charge on any atom is 0.228 e. The molecule has 0 unspecified atom stereocenters. The summed E-state index contributed by atoms with van der Waals surface area (Å²) in [5.41, 5.74) is 2.55. The van der Waals surface area contributed by atoms with E-state index in [-0.39, 0.29) is 17.9 Å². The normalized spacial score (nSPS) is 19.1. The number of nitrogens with one attached hydrogen (secondary N) is 1. The third-order valence-electron chi connectivity index (χ3n) is 4.01. The second-order valence-electron chi connectivity index (χ2n) is 5.39. The van der Waals surface area contributed by atoms with Crippen LogP contribution in [0.4, 0.5) is 0 Å². The average Bonchev–Trinajstić information content (AvgIpc) is 3.01. The molecular weight excluding hydrogens is 266 g/mol. The van der Waals surface area contributed by atoms with E-state index in [9.17, 15) is 4.79 Å². The molecule has 2 aromatic rings. The molecule has 1 amide bonds. The van der Waals surface area contributed by atoms with Crippen LogP contribution in [0.1, 0.15) is 47.7 Å². The van der Waals surface area contributed by atoms with E-state index >= 15 is 0 Å². The molecule has 1 aliphatic rings. The third-order valence-corrected chi connectivity index (χ3v) is 5.07. The fourth-order valence-electron chi connectivity index (χ4n) is 2.95. The minimum Gasteiger partial charge on any atom is -0.348 e. The van der Waals surface area contributed by atoms with Gasteiger partial charge < -0.3 is 5.32 Å². The Labute approximate surface area is 123 Å². The lowest BCUT2D eigenvalue weighted by Crippen LogP contribution is -2.33. The molecule has 0 saturated heterocycles. The Kier molecular flexibility index (Phi) is 3.88. The second kappa shape index (κ2) is 5.80. The topological polar surface area (TPSA) is 29.1 Å². The molecule has 1 N–H and O–H groups in total. The Bertz CT molecular complexity index is 591. The summed E-state index contributed by atoms with van der Waals surface area (Å²) in [6, 6.07) is 12.5. The van der Waals surface area contributed by atoms with Crippen molar-refractivity contribution in [1.82, 2.24) is 5.32 Å². The van der Waals surface area contributed by atoms with Gasteiger partial charge in [-0.2, -0.15) is 0 Å². The van der Waals surface area contributed by atoms with Gasteiger partial charge in [-0.15, -0.1) is 11.3 Å². The van der Waals surface area contributed by atoms with Crippen molar-refractivity contribution >= 4 is 17.2 Å². The maximum absolute atomic E-state index is 12.6. The molecule has 3 rings (SSSR count). The van der Waals surface area contributed by atoms with Crippen LogP contribution in [0.15, 0.2) is 41.8 Å². The van der Waals surface area contributed by atoms with Crippen LogP contribution in [-0.2, 0) is 11.2 Å². The maximum atomic E-state index is 12.6. The monoisotopic (exact) mass is 285 g/mol. The number of carbonyl (C=O) groups excluding carboxylic acids is 1. The zero-order chi connectivity index (χ0) is 13.9. The summed E-state index contributed by atoms with van der Waals surface area (Å²) in [5.74, 6) is 0.181. The first kappa shape index (κ1) is 13.4. The molecule has 2 atom stereocenters. The smallest absolute Gasteiger partial charge is 0.228 e. The Balaban J connectivity index is 1.75. The number of benzene rings is 1. The lowest BCUT2D eigenvalue weighted by Gasteiger charge is -2.26. The standard InChI is InChI=1S/C17H19NOS/c1-12(16-10-5-11-20-16)18-17(19)15-9-4-7-13-6-2-3-8-14(13)15/h2-3,5-6,8,10-12,15H,4,7,9H2,1H3,(H,18,19)/t12-,15+/m0/s1. The number of thiophene rings is 1. The van der Waals surface area contributed by atoms with Gasteiger partial charge in [-0.1, -0.05) is 30.3 Å². The van der Waals surface area contributed by atoms with Crippen LogP contribution in [0.3, 0.4) is 0 Å². The van der Waals surface area contributed by atoms with Crippen molar-refractivity contribution in [3.8, 4) is 0 Å². The predicted octanol–water partition coefficient (Wildman–Crippen LogP) is 4.05. The highest BCUT2D eigenvalue weighted by Crippen LogP contribution is 2.32. The lowest BCUT2D eigenvalue weighted by atomic mass is 9.82. The first-order chi connectivity index (χ1) is 9.75. The first-order valence-corrected chi connectivity index (χ1v) is 8.05. The van der Waals surface area contributed by atoms with Gasteiger partial charge in [0.15, 0.2) is 0 Å². The Hall–Kier alpha value is -1.61. The van der Waals surface area contributed by atoms with E-state index in [0.29, 0.717) is 0 Å². The summed E-state index contributed by atoms with van der Waals surface area (Å²) in [5, 5.41) is 5.21. The van der Waals surface area contributed by atoms with E-state index in [0.717, 1.165) is 19.3 Å². The van der Waals surface area contributed by atoms with Gasteiger partial charge in [0.1, 0.15) is 0 Å². The highest BCUT2D eigenvalue weighted by atomic mass is 32.1. The molecule has 1 aromatic heterocycles. The van der Waals surface area contributed by atoms with Crippen molar-refractivity contribution in [2.24, 2.45) is 0 Å². The fraction of sp³-hybridized carbons (Fsp3) is 0.353. The van der Waals surface area contributed by atoms with Gasteiger partial charge in [-0.05, 0) is 48.8 Å². The van der Waals surface area contributed by atoms with Crippen molar-refractivity contribution in [3.05, 3.63) is 57.8 Å². The zero-order valence-corrected chi connectivity index (χ0v) is 12.5. The van der Waals surface area contributed by atoms with Crippen LogP contribution in [0.25, 0.3) is 0 Å². The molecule has 0 radical (unpaired) electrons. The van der Waals surface area contributed by atoms with Crippen molar-refractivity contribution in [2.45, 2.75) is 38.1 Å². The number of carbonyl (C=O) groups is 1. The molecule has 1 heterocycles. The van der Waals surface area contributed by atoms with E-state index in [1.807, 2.05) is 17.5 Å². The van der Waals surface area contributed by atoms with Crippen molar-refractivity contribution in [3.63, 3.8) is 0 Å². The summed E-state index contributed by atoms with van der Waals surface area (Å²) in [7, 11) is 0. The van der Waals surface area contributed by atoms with Crippen LogP contribution in [0, 0.1) is 0 Å². The van der Waals surface area contributed by atoms with Gasteiger partial charge in [0.2, 0.25) is 5.91 Å². The van der Waals surface area contributed by atoms with Crippen molar-refractivity contribution in [1.29, 1.82) is 0 Å². The van der Waals surface area contributed by atoms with E-state index < -0.39 is 0 Å². The highest BCUT2D eigenvalue weighted by molar-refractivity contribution is 7.10. The molecule has 0 aliphatic heterocycles. The average molecular weight is 285 g/mol. The van der Waals surface area contributed by atoms with E-state index in [2.05, 4.69) is 36.5 Å². The van der Waals surface area contributed by atoms with Crippen LogP contribution >= 0.6 is 11.3 Å². The van der Waals surface area contributed by atoms with Gasteiger partial charge in [-0.3, -0.25) is 4.79 Å². The number of fused-ring (bicyclic) bond motifs is 1. The van der Waals surface area contributed by atoms with Crippen LogP contribution in [0.2, 0.25) is 0 Å². The molecule has 0 fully saturated rings. The van der Waals surface area contributed by atoms with Crippen LogP contribution in [0.5, 0.6) is 0 Å². The first-order valence-electron chi connectivity index (χ1n) is 7.17. The summed E-state index contributed by atoms with van der Waals surface area (Å²) in [4.78, 5) is 13.8. The third kappa shape index (κ3) is 2.63. The molecule has 0 bridgehead atoms. The van der Waals surface area contributed by atoms with E-state index in [1.165, 1.54) is 16.0 Å². The summed E-state index contributed by atoms with van der Waals surface area (Å²) in [6.07, 6.45) is 3.16. The zero-order valence-electron chi connectivity index (χ0n) is 11.6. The SMILES string of the molecule is C[C@H](NC(=O)[C@@H]1CCCc2ccccc21)c1cccs1. The Morgan fingerprint density at radius 2 is 2.15 bits per heavy atom. The van der Waals surface area contributed by atoms with Gasteiger partial charge in [0.25, 0.3) is 0 Å². The van der Waals surface area contributed by atoms with Crippen molar-refractivity contribution in [2.75, 3.05) is 0 Å². The minimum atomic E-state index is 0.0161. The molecule has 3 heteroatoms. The predicted molar refractivity (Wildman–Crippen MR) is 83.0 cm³/mol. The lowest BCUT2D eigenvalue weighted by molar-refractivity contribution is -0.123. The van der Waals surface area contributed by atoms with Gasteiger partial charge in [-0.25, -0.2) is 0 Å². The van der Waals surface area contributed by atoms with Crippen LogP contribution < -0.4 is 5.32 Å². The molecular formula is C17H19NOS. The number of hydrogen-bond donors (Lipinski definition) is 1. The number of aryl methyl sites for hydroxylation is 1. The molecule has 20 heavy (non-hydrogen) atoms. The quantitative estimate of drug-likeness (QED) is 0.906. The summed E-state index contributed by atoms with van der Waals surface area (Å²) < 4.78 is 0. The largest absolute Gasteiger partial charge is 0.348 e. The molecule has 1 aliphatic carbocycles. The summed E-state index contributed by atoms with van der Waals surface area (Å²) >= 11 is 1.69.